The Balaban J connectivity index is 1.84. The standard InChI is InChI=1S/C12H17FN2S/c1-2-16-11-5-4-10(7-11)15-12-6-3-9(13)8-14-12/h3,6,8,10-11H,2,4-5,7H2,1H3,(H,14,15). The van der Waals surface area contributed by atoms with Crippen molar-refractivity contribution in [1.29, 1.82) is 0 Å². The van der Waals surface area contributed by atoms with Crippen LogP contribution in [-0.2, 0) is 0 Å². The van der Waals surface area contributed by atoms with Crippen LogP contribution in [0.15, 0.2) is 18.3 Å². The molecule has 2 nitrogen and oxygen atoms in total. The van der Waals surface area contributed by atoms with E-state index in [1.807, 2.05) is 11.8 Å². The van der Waals surface area contributed by atoms with Gasteiger partial charge in [0.05, 0.1) is 6.20 Å². The summed E-state index contributed by atoms with van der Waals surface area (Å²) < 4.78 is 12.7. The highest BCUT2D eigenvalue weighted by Gasteiger charge is 2.24. The molecule has 1 fully saturated rings. The van der Waals surface area contributed by atoms with Crippen LogP contribution in [0.4, 0.5) is 10.2 Å². The van der Waals surface area contributed by atoms with Gasteiger partial charge in [0, 0.05) is 11.3 Å². The second-order valence-electron chi connectivity index (χ2n) is 4.09. The van der Waals surface area contributed by atoms with Crippen LogP contribution in [-0.4, -0.2) is 22.0 Å². The van der Waals surface area contributed by atoms with Crippen LogP contribution in [0.3, 0.4) is 0 Å². The molecule has 0 bridgehead atoms. The van der Waals surface area contributed by atoms with E-state index >= 15 is 0 Å². The van der Waals surface area contributed by atoms with E-state index in [2.05, 4.69) is 17.2 Å². The van der Waals surface area contributed by atoms with Gasteiger partial charge in [-0.1, -0.05) is 6.92 Å². The highest BCUT2D eigenvalue weighted by molar-refractivity contribution is 7.99. The number of halogens is 1. The van der Waals surface area contributed by atoms with Gasteiger partial charge in [-0.3, -0.25) is 0 Å². The van der Waals surface area contributed by atoms with E-state index in [4.69, 9.17) is 0 Å². The maximum Gasteiger partial charge on any atom is 0.141 e. The number of aromatic nitrogens is 1. The number of rotatable bonds is 4. The molecule has 0 spiro atoms. The molecule has 0 amide bonds. The first kappa shape index (κ1) is 11.7. The Morgan fingerprint density at radius 1 is 1.50 bits per heavy atom. The minimum absolute atomic E-state index is 0.281. The Bertz CT molecular complexity index is 328. The molecule has 0 radical (unpaired) electrons. The third-order valence-electron chi connectivity index (χ3n) is 2.87. The number of pyridine rings is 1. The molecular weight excluding hydrogens is 223 g/mol. The number of nitrogens with one attached hydrogen (secondary N) is 1. The average Bonchev–Trinajstić information content (AvgIpc) is 2.70. The van der Waals surface area contributed by atoms with Crippen LogP contribution in [0.5, 0.6) is 0 Å². The van der Waals surface area contributed by atoms with Crippen molar-refractivity contribution in [2.75, 3.05) is 11.1 Å². The summed E-state index contributed by atoms with van der Waals surface area (Å²) in [5.41, 5.74) is 0. The Kier molecular flexibility index (Phi) is 4.04. The number of nitrogens with zero attached hydrogens (tertiary/aromatic N) is 1. The van der Waals surface area contributed by atoms with Gasteiger partial charge in [-0.05, 0) is 37.1 Å². The average molecular weight is 240 g/mol. The predicted octanol–water partition coefficient (Wildman–Crippen LogP) is 3.31. The Morgan fingerprint density at radius 3 is 3.06 bits per heavy atom. The lowest BCUT2D eigenvalue weighted by molar-refractivity contribution is 0.621. The molecule has 2 unspecified atom stereocenters. The van der Waals surface area contributed by atoms with Gasteiger partial charge in [-0.15, -0.1) is 0 Å². The minimum atomic E-state index is -0.281. The molecule has 1 aliphatic rings. The zero-order valence-electron chi connectivity index (χ0n) is 9.45. The smallest absolute Gasteiger partial charge is 0.141 e. The minimum Gasteiger partial charge on any atom is -0.367 e. The summed E-state index contributed by atoms with van der Waals surface area (Å²) >= 11 is 2.04. The van der Waals surface area contributed by atoms with E-state index in [0.717, 1.165) is 11.1 Å². The van der Waals surface area contributed by atoms with Crippen LogP contribution >= 0.6 is 11.8 Å². The monoisotopic (exact) mass is 240 g/mol. The van der Waals surface area contributed by atoms with Crippen molar-refractivity contribution >= 4 is 17.6 Å². The van der Waals surface area contributed by atoms with Gasteiger partial charge in [0.1, 0.15) is 11.6 Å². The molecular formula is C12H17FN2S. The summed E-state index contributed by atoms with van der Waals surface area (Å²) in [6.45, 7) is 2.20. The second-order valence-corrected chi connectivity index (χ2v) is 5.67. The largest absolute Gasteiger partial charge is 0.367 e. The highest BCUT2D eigenvalue weighted by Crippen LogP contribution is 2.31. The summed E-state index contributed by atoms with van der Waals surface area (Å²) in [4.78, 5) is 4.02. The molecule has 1 aromatic heterocycles. The van der Waals surface area contributed by atoms with Gasteiger partial charge >= 0.3 is 0 Å². The van der Waals surface area contributed by atoms with Crippen molar-refractivity contribution in [3.8, 4) is 0 Å². The molecule has 0 saturated heterocycles. The van der Waals surface area contributed by atoms with Crippen molar-refractivity contribution in [1.82, 2.24) is 4.98 Å². The molecule has 0 aliphatic heterocycles. The molecule has 2 rings (SSSR count). The van der Waals surface area contributed by atoms with Gasteiger partial charge in [-0.25, -0.2) is 9.37 Å². The molecule has 1 N–H and O–H groups in total. The number of hydrogen-bond donors (Lipinski definition) is 1. The molecule has 1 saturated carbocycles. The Labute approximate surface area is 100 Å². The van der Waals surface area contributed by atoms with Crippen LogP contribution in [0.2, 0.25) is 0 Å². The Morgan fingerprint density at radius 2 is 2.38 bits per heavy atom. The van der Waals surface area contributed by atoms with Gasteiger partial charge in [0.2, 0.25) is 0 Å². The van der Waals surface area contributed by atoms with Crippen LogP contribution in [0.25, 0.3) is 0 Å². The fourth-order valence-electron chi connectivity index (χ4n) is 2.13. The van der Waals surface area contributed by atoms with Crippen molar-refractivity contribution in [2.45, 2.75) is 37.5 Å². The summed E-state index contributed by atoms with van der Waals surface area (Å²) in [6, 6.07) is 3.65. The third-order valence-corrected chi connectivity index (χ3v) is 4.10. The summed E-state index contributed by atoms with van der Waals surface area (Å²) in [5, 5.41) is 4.15. The van der Waals surface area contributed by atoms with E-state index in [-0.39, 0.29) is 5.82 Å². The number of anilines is 1. The van der Waals surface area contributed by atoms with Gasteiger partial charge < -0.3 is 5.32 Å². The molecule has 1 aliphatic carbocycles. The lowest BCUT2D eigenvalue weighted by atomic mass is 10.2. The number of thioether (sulfide) groups is 1. The highest BCUT2D eigenvalue weighted by atomic mass is 32.2. The van der Waals surface area contributed by atoms with E-state index in [1.165, 1.54) is 37.3 Å². The van der Waals surface area contributed by atoms with E-state index in [9.17, 15) is 4.39 Å². The fourth-order valence-corrected chi connectivity index (χ4v) is 3.27. The summed E-state index contributed by atoms with van der Waals surface area (Å²) in [6.07, 6.45) is 4.92. The predicted molar refractivity (Wildman–Crippen MR) is 67.4 cm³/mol. The molecule has 16 heavy (non-hydrogen) atoms. The van der Waals surface area contributed by atoms with Crippen molar-refractivity contribution in [2.24, 2.45) is 0 Å². The molecule has 1 aromatic rings. The van der Waals surface area contributed by atoms with Crippen LogP contribution in [0, 0.1) is 5.82 Å². The molecule has 2 atom stereocenters. The van der Waals surface area contributed by atoms with Crippen molar-refractivity contribution in [3.05, 3.63) is 24.1 Å². The van der Waals surface area contributed by atoms with Crippen molar-refractivity contribution < 1.29 is 4.39 Å². The van der Waals surface area contributed by atoms with E-state index in [1.54, 1.807) is 6.07 Å². The lowest BCUT2D eigenvalue weighted by Gasteiger charge is -2.13. The first-order valence-electron chi connectivity index (χ1n) is 5.77. The quantitative estimate of drug-likeness (QED) is 0.874. The zero-order chi connectivity index (χ0) is 11.4. The third kappa shape index (κ3) is 3.11. The Hall–Kier alpha value is -0.770. The SMILES string of the molecule is CCSC1CCC(Nc2ccc(F)cn2)C1. The first-order chi connectivity index (χ1) is 7.78. The normalized spacial score (nSPS) is 24.6. The maximum absolute atomic E-state index is 12.7. The first-order valence-corrected chi connectivity index (χ1v) is 6.82. The molecule has 88 valence electrons. The van der Waals surface area contributed by atoms with Crippen molar-refractivity contribution in [3.63, 3.8) is 0 Å². The van der Waals surface area contributed by atoms with E-state index in [0.29, 0.717) is 6.04 Å². The molecule has 1 heterocycles. The number of hydrogen-bond acceptors (Lipinski definition) is 3. The van der Waals surface area contributed by atoms with Crippen LogP contribution < -0.4 is 5.32 Å². The summed E-state index contributed by atoms with van der Waals surface area (Å²) in [5.74, 6) is 1.69. The van der Waals surface area contributed by atoms with Gasteiger partial charge in [0.15, 0.2) is 0 Å². The fraction of sp³-hybridized carbons (Fsp3) is 0.583. The van der Waals surface area contributed by atoms with Gasteiger partial charge in [0.25, 0.3) is 0 Å². The van der Waals surface area contributed by atoms with Crippen LogP contribution in [0.1, 0.15) is 26.2 Å². The second kappa shape index (κ2) is 5.53. The topological polar surface area (TPSA) is 24.9 Å². The molecule has 0 aromatic carbocycles. The zero-order valence-corrected chi connectivity index (χ0v) is 10.3. The maximum atomic E-state index is 12.7. The van der Waals surface area contributed by atoms with E-state index < -0.39 is 0 Å². The molecule has 4 heteroatoms. The van der Waals surface area contributed by atoms with Gasteiger partial charge in [-0.2, -0.15) is 11.8 Å². The lowest BCUT2D eigenvalue weighted by Crippen LogP contribution is -2.16. The summed E-state index contributed by atoms with van der Waals surface area (Å²) in [7, 11) is 0.